The predicted octanol–water partition coefficient (Wildman–Crippen LogP) is 6.60. The van der Waals surface area contributed by atoms with Crippen molar-refractivity contribution in [3.05, 3.63) is 70.7 Å². The molecule has 4 rings (SSSR count). The van der Waals surface area contributed by atoms with Crippen molar-refractivity contribution >= 4 is 35.5 Å². The predicted molar refractivity (Wildman–Crippen MR) is 143 cm³/mol. The fourth-order valence-corrected chi connectivity index (χ4v) is 9.29. The number of aromatic nitrogens is 2. The monoisotopic (exact) mass is 570 g/mol. The molecule has 2 aliphatic rings. The van der Waals surface area contributed by atoms with Gasteiger partial charge in [0.15, 0.2) is 0 Å². The van der Waals surface area contributed by atoms with Crippen molar-refractivity contribution in [3.8, 4) is 0 Å². The summed E-state index contributed by atoms with van der Waals surface area (Å²) >= 11 is -1.62. The Kier molecular flexibility index (Phi) is 8.37. The van der Waals surface area contributed by atoms with Crippen LogP contribution in [0.25, 0.3) is 0 Å². The van der Waals surface area contributed by atoms with E-state index < -0.39 is 20.5 Å². The molecule has 34 heavy (non-hydrogen) atoms. The summed E-state index contributed by atoms with van der Waals surface area (Å²) in [6, 6.07) is 6.02. The molecule has 2 unspecified atom stereocenters. The molecule has 6 heteroatoms. The van der Waals surface area contributed by atoms with Gasteiger partial charge in [-0.1, -0.05) is 45.1 Å². The van der Waals surface area contributed by atoms with Crippen LogP contribution in [0, 0.1) is 17.7 Å². The van der Waals surface area contributed by atoms with Gasteiger partial charge in [-0.3, -0.25) is 0 Å². The average Bonchev–Trinajstić information content (AvgIpc) is 3.55. The zero-order valence-electron chi connectivity index (χ0n) is 21.1. The van der Waals surface area contributed by atoms with Gasteiger partial charge in [-0.25, -0.2) is 0 Å². The number of aromatic amines is 1. The smallest absolute Gasteiger partial charge is 0.0219 e. The Balaban J connectivity index is 1.46. The number of nitrogens with one attached hydrogen (secondary N) is 3. The van der Waals surface area contributed by atoms with Gasteiger partial charge < -0.3 is 0 Å². The van der Waals surface area contributed by atoms with E-state index in [9.17, 15) is 0 Å². The van der Waals surface area contributed by atoms with Crippen LogP contribution < -0.4 is 12.3 Å². The van der Waals surface area contributed by atoms with Gasteiger partial charge >= 0.3 is 142 Å². The van der Waals surface area contributed by atoms with Crippen molar-refractivity contribution in [2.45, 2.75) is 70.7 Å². The first-order valence-corrected chi connectivity index (χ1v) is 17.7. The fourth-order valence-electron chi connectivity index (χ4n) is 5.16. The van der Waals surface area contributed by atoms with E-state index >= 15 is 4.39 Å². The van der Waals surface area contributed by atoms with Crippen molar-refractivity contribution in [3.63, 3.8) is 0 Å². The number of halogens is 1. The maximum Gasteiger partial charge on any atom is -0.0219 e. The summed E-state index contributed by atoms with van der Waals surface area (Å²) in [5.41, 5.74) is 5.36. The third kappa shape index (κ3) is 5.52. The Bertz CT molecular complexity index is 1100. The van der Waals surface area contributed by atoms with Crippen LogP contribution in [0.1, 0.15) is 70.6 Å². The summed E-state index contributed by atoms with van der Waals surface area (Å²) in [5.74, 6) is 2.09. The number of nitrogens with zero attached hydrogens (tertiary/aromatic N) is 1. The molecule has 0 amide bonds. The fraction of sp³-hybridized carbons (Fsp3) is 0.464. The molecule has 1 fully saturated rings. The van der Waals surface area contributed by atoms with Crippen LogP contribution >= 0.6 is 0 Å². The molecule has 1 saturated carbocycles. The molecule has 2 aromatic rings. The Morgan fingerprint density at radius 3 is 2.88 bits per heavy atom. The summed E-state index contributed by atoms with van der Waals surface area (Å²) in [4.78, 5) is 2.25. The molecule has 0 bridgehead atoms. The van der Waals surface area contributed by atoms with Crippen LogP contribution in [0.5, 0.6) is 0 Å². The van der Waals surface area contributed by atoms with Gasteiger partial charge in [0.05, 0.1) is 0 Å². The largest absolute Gasteiger partial charge is 0.0587 e. The van der Waals surface area contributed by atoms with Crippen LogP contribution in [0.3, 0.4) is 0 Å². The van der Waals surface area contributed by atoms with Crippen molar-refractivity contribution in [1.82, 2.24) is 13.7 Å². The van der Waals surface area contributed by atoms with Crippen LogP contribution in [0.4, 0.5) is 15.9 Å². The van der Waals surface area contributed by atoms with Crippen molar-refractivity contribution in [2.24, 2.45) is 11.8 Å². The van der Waals surface area contributed by atoms with Crippen LogP contribution in [0.2, 0.25) is 4.87 Å². The molecule has 1 aromatic heterocycles. The van der Waals surface area contributed by atoms with E-state index in [4.69, 9.17) is 0 Å². The first-order chi connectivity index (χ1) is 16.4. The van der Waals surface area contributed by atoms with E-state index in [0.717, 1.165) is 30.5 Å². The van der Waals surface area contributed by atoms with Crippen molar-refractivity contribution < 1.29 is 4.39 Å². The second kappa shape index (κ2) is 11.3. The molecule has 0 saturated heterocycles. The summed E-state index contributed by atoms with van der Waals surface area (Å²) in [6.45, 7) is 9.48. The number of H-pyrrole nitrogens is 1. The molecule has 3 N–H and O–H groups in total. The molecule has 0 radical (unpaired) electrons. The molecular formula is C28H38FN4Sb. The summed E-state index contributed by atoms with van der Waals surface area (Å²) in [5, 5.41) is 10.9. The van der Waals surface area contributed by atoms with Crippen molar-refractivity contribution in [1.29, 1.82) is 0 Å². The first-order valence-electron chi connectivity index (χ1n) is 12.6. The Morgan fingerprint density at radius 1 is 1.32 bits per heavy atom. The van der Waals surface area contributed by atoms with Crippen LogP contribution in [0.15, 0.2) is 53.6 Å². The number of fused-ring (bicyclic) bond motifs is 1. The zero-order chi connectivity index (χ0) is 24.2. The molecule has 2 atom stereocenters. The number of anilines is 2. The van der Waals surface area contributed by atoms with Crippen LogP contribution in [-0.4, -0.2) is 30.7 Å². The van der Waals surface area contributed by atoms with E-state index in [1.807, 2.05) is 6.07 Å². The Labute approximate surface area is 211 Å². The van der Waals surface area contributed by atoms with E-state index in [0.29, 0.717) is 35.8 Å². The van der Waals surface area contributed by atoms with Crippen LogP contribution in [-0.2, 0) is 6.54 Å². The summed E-state index contributed by atoms with van der Waals surface area (Å²) in [7, 11) is 0. The minimum atomic E-state index is -1.62. The molecule has 182 valence electrons. The number of rotatable bonds is 8. The molecule has 1 aromatic carbocycles. The molecule has 2 heterocycles. The van der Waals surface area contributed by atoms with E-state index in [2.05, 4.69) is 88.0 Å². The molecule has 1 aliphatic carbocycles. The minimum Gasteiger partial charge on any atom is -0.0587 e. The summed E-state index contributed by atoms with van der Waals surface area (Å²) < 4.78 is 19.8. The first kappa shape index (κ1) is 25.3. The maximum atomic E-state index is 15.0. The Hall–Kier alpha value is -1.84. The topological polar surface area (TPSA) is 52.7 Å². The second-order valence-electron chi connectivity index (χ2n) is 9.77. The van der Waals surface area contributed by atoms with Gasteiger partial charge in [-0.15, -0.1) is 0 Å². The van der Waals surface area contributed by atoms with E-state index in [1.165, 1.54) is 21.1 Å². The third-order valence-electron chi connectivity index (χ3n) is 7.08. The van der Waals surface area contributed by atoms with Gasteiger partial charge in [-0.05, 0) is 24.8 Å². The second-order valence-corrected chi connectivity index (χ2v) is 15.2. The average molecular weight is 571 g/mol. The quantitative estimate of drug-likeness (QED) is 0.247. The van der Waals surface area contributed by atoms with Gasteiger partial charge in [0, 0.05) is 0 Å². The molecular weight excluding hydrogens is 533 g/mol. The number of benzene rings is 1. The normalized spacial score (nSPS) is 21.7. The standard InChI is InChI=1S/C27H35FN4.CH3.Sb/c1-5-8-19(18(3)4)14-20(9-6-2)21-12-13-22(15-21)25-16-26(32-31-25)30-24-11-7-10-23(17-29)27(24)28;;/h5,7-9,11,14,16,18,21-22,29H,6,12-13,15,17H2,1-4H3,(H2,30,31,32);1H3;/q-1;;+1/b8-5-,19-14+,20-9-;;. The maximum absolute atomic E-state index is 15.0. The van der Waals surface area contributed by atoms with E-state index in [-0.39, 0.29) is 5.82 Å². The third-order valence-corrected chi connectivity index (χ3v) is 12.1. The number of hydrogen-bond donors (Lipinski definition) is 3. The van der Waals surface area contributed by atoms with Gasteiger partial charge in [-0.2, -0.15) is 0 Å². The molecule has 1 aliphatic heterocycles. The van der Waals surface area contributed by atoms with Gasteiger partial charge in [0.1, 0.15) is 0 Å². The zero-order valence-corrected chi connectivity index (χ0v) is 23.6. The summed E-state index contributed by atoms with van der Waals surface area (Å²) in [6.07, 6.45) is 13.7. The number of hydrogen-bond acceptors (Lipinski definition) is 3. The SMILES string of the molecule is C\C=C/C(=C\C(=C\CC)C1CCC(c2cc(Nc3cc[c]4c(c3F)C[NH][Sb]4[CH3])n[nH]2)C1)C(C)C. The van der Waals surface area contributed by atoms with Gasteiger partial charge in [0.2, 0.25) is 0 Å². The minimum absolute atomic E-state index is 0.132. The molecule has 0 spiro atoms. The van der Waals surface area contributed by atoms with Crippen molar-refractivity contribution in [2.75, 3.05) is 5.32 Å². The Morgan fingerprint density at radius 2 is 2.15 bits per heavy atom. The van der Waals surface area contributed by atoms with Gasteiger partial charge in [0.25, 0.3) is 0 Å². The van der Waals surface area contributed by atoms with E-state index in [1.54, 1.807) is 0 Å². The molecule has 4 nitrogen and oxygen atoms in total. The number of allylic oxidation sites excluding steroid dienone is 6.